The van der Waals surface area contributed by atoms with Crippen molar-refractivity contribution in [1.29, 1.82) is 0 Å². The third-order valence-corrected chi connectivity index (χ3v) is 3.82. The summed E-state index contributed by atoms with van der Waals surface area (Å²) >= 11 is 0. The molecule has 1 aliphatic rings. The van der Waals surface area contributed by atoms with Gasteiger partial charge in [-0.1, -0.05) is 36.4 Å². The standard InChI is InChI=1S/C19H20N2O2/c1-15-6-5-9-18(20-15)23-17-12-13-21(14-17)19(22)11-10-16-7-3-2-4-8-16/h2-11,17H,12-14H2,1H3/b11-10+/t17-/m1/s1. The number of carbonyl (C=O) groups excluding carboxylic acids is 1. The van der Waals surface area contributed by atoms with Crippen molar-refractivity contribution in [3.05, 3.63) is 65.9 Å². The number of hydrogen-bond acceptors (Lipinski definition) is 3. The predicted octanol–water partition coefficient (Wildman–Crippen LogP) is 3.08. The van der Waals surface area contributed by atoms with E-state index in [1.807, 2.05) is 66.4 Å². The van der Waals surface area contributed by atoms with Crippen LogP contribution in [0.5, 0.6) is 5.88 Å². The average Bonchev–Trinajstić information content (AvgIpc) is 3.02. The van der Waals surface area contributed by atoms with Gasteiger partial charge in [0.25, 0.3) is 0 Å². The van der Waals surface area contributed by atoms with Crippen molar-refractivity contribution in [2.45, 2.75) is 19.4 Å². The van der Waals surface area contributed by atoms with E-state index in [4.69, 9.17) is 4.74 Å². The van der Waals surface area contributed by atoms with Crippen LogP contribution in [0.4, 0.5) is 0 Å². The van der Waals surface area contributed by atoms with E-state index in [1.165, 1.54) is 0 Å². The maximum absolute atomic E-state index is 12.2. The first-order valence-electron chi connectivity index (χ1n) is 7.83. The number of aryl methyl sites for hydroxylation is 1. The fourth-order valence-electron chi connectivity index (χ4n) is 2.62. The number of likely N-dealkylation sites (tertiary alicyclic amines) is 1. The smallest absolute Gasteiger partial charge is 0.246 e. The van der Waals surface area contributed by atoms with Crippen LogP contribution in [-0.2, 0) is 4.79 Å². The van der Waals surface area contributed by atoms with Crippen LogP contribution in [0.25, 0.3) is 6.08 Å². The lowest BCUT2D eigenvalue weighted by Crippen LogP contribution is -2.29. The predicted molar refractivity (Wildman–Crippen MR) is 90.1 cm³/mol. The molecule has 0 N–H and O–H groups in total. The van der Waals surface area contributed by atoms with Crippen LogP contribution in [0.15, 0.2) is 54.6 Å². The highest BCUT2D eigenvalue weighted by atomic mass is 16.5. The molecule has 0 unspecified atom stereocenters. The van der Waals surface area contributed by atoms with E-state index in [0.717, 1.165) is 17.7 Å². The molecule has 2 heterocycles. The van der Waals surface area contributed by atoms with Gasteiger partial charge >= 0.3 is 0 Å². The molecule has 0 saturated carbocycles. The first-order chi connectivity index (χ1) is 11.2. The second-order valence-electron chi connectivity index (χ2n) is 5.67. The van der Waals surface area contributed by atoms with Gasteiger partial charge in [-0.2, -0.15) is 0 Å². The lowest BCUT2D eigenvalue weighted by atomic mass is 10.2. The van der Waals surface area contributed by atoms with E-state index in [1.54, 1.807) is 6.08 Å². The fraction of sp³-hybridized carbons (Fsp3) is 0.263. The number of benzene rings is 1. The monoisotopic (exact) mass is 308 g/mol. The van der Waals surface area contributed by atoms with Gasteiger partial charge in [-0.15, -0.1) is 0 Å². The summed E-state index contributed by atoms with van der Waals surface area (Å²) in [7, 11) is 0. The summed E-state index contributed by atoms with van der Waals surface area (Å²) in [6.45, 7) is 3.26. The molecule has 1 fully saturated rings. The SMILES string of the molecule is Cc1cccc(O[C@@H]2CCN(C(=O)/C=C/c3ccccc3)C2)n1. The Bertz CT molecular complexity index is 698. The highest BCUT2D eigenvalue weighted by Gasteiger charge is 2.26. The number of amides is 1. The lowest BCUT2D eigenvalue weighted by Gasteiger charge is -2.15. The minimum Gasteiger partial charge on any atom is -0.472 e. The van der Waals surface area contributed by atoms with Gasteiger partial charge in [0, 0.05) is 30.8 Å². The molecular weight excluding hydrogens is 288 g/mol. The van der Waals surface area contributed by atoms with Crippen LogP contribution in [-0.4, -0.2) is 35.0 Å². The summed E-state index contributed by atoms with van der Waals surface area (Å²) in [6, 6.07) is 15.5. The minimum atomic E-state index is 0.0124. The van der Waals surface area contributed by atoms with Gasteiger partial charge in [0.1, 0.15) is 6.10 Å². The van der Waals surface area contributed by atoms with Crippen LogP contribution in [0.1, 0.15) is 17.7 Å². The molecule has 1 amide bonds. The van der Waals surface area contributed by atoms with Gasteiger partial charge < -0.3 is 9.64 Å². The molecule has 1 saturated heterocycles. The summed E-state index contributed by atoms with van der Waals surface area (Å²) in [5.74, 6) is 0.654. The van der Waals surface area contributed by atoms with Gasteiger partial charge in [0.15, 0.2) is 0 Å². The molecule has 4 heteroatoms. The molecular formula is C19H20N2O2. The normalized spacial score (nSPS) is 17.6. The Morgan fingerprint density at radius 1 is 1.22 bits per heavy atom. The zero-order chi connectivity index (χ0) is 16.1. The first-order valence-corrected chi connectivity index (χ1v) is 7.83. The zero-order valence-electron chi connectivity index (χ0n) is 13.2. The summed E-state index contributed by atoms with van der Waals surface area (Å²) in [5, 5.41) is 0. The number of nitrogens with zero attached hydrogens (tertiary/aromatic N) is 2. The number of hydrogen-bond donors (Lipinski definition) is 0. The summed E-state index contributed by atoms with van der Waals surface area (Å²) in [6.07, 6.45) is 4.32. The molecule has 0 aliphatic carbocycles. The van der Waals surface area contributed by atoms with Crippen molar-refractivity contribution in [2.75, 3.05) is 13.1 Å². The second-order valence-corrected chi connectivity index (χ2v) is 5.67. The molecule has 2 aromatic rings. The number of ether oxygens (including phenoxy) is 1. The molecule has 0 radical (unpaired) electrons. The molecule has 1 atom stereocenters. The van der Waals surface area contributed by atoms with Crippen LogP contribution in [0.3, 0.4) is 0 Å². The Morgan fingerprint density at radius 3 is 2.83 bits per heavy atom. The molecule has 0 bridgehead atoms. The van der Waals surface area contributed by atoms with Crippen LogP contribution >= 0.6 is 0 Å². The molecule has 4 nitrogen and oxygen atoms in total. The van der Waals surface area contributed by atoms with E-state index in [-0.39, 0.29) is 12.0 Å². The minimum absolute atomic E-state index is 0.0124. The Kier molecular flexibility index (Phi) is 4.71. The highest BCUT2D eigenvalue weighted by Crippen LogP contribution is 2.17. The Labute approximate surface area is 136 Å². The highest BCUT2D eigenvalue weighted by molar-refractivity contribution is 5.92. The number of carbonyl (C=O) groups is 1. The summed E-state index contributed by atoms with van der Waals surface area (Å²) in [4.78, 5) is 18.4. The van der Waals surface area contributed by atoms with Crippen molar-refractivity contribution in [3.8, 4) is 5.88 Å². The van der Waals surface area contributed by atoms with Crippen LogP contribution in [0.2, 0.25) is 0 Å². The van der Waals surface area contributed by atoms with Crippen LogP contribution < -0.4 is 4.74 Å². The van der Waals surface area contributed by atoms with Crippen LogP contribution in [0, 0.1) is 6.92 Å². The van der Waals surface area contributed by atoms with E-state index < -0.39 is 0 Å². The molecule has 1 aromatic carbocycles. The summed E-state index contributed by atoms with van der Waals surface area (Å²) < 4.78 is 5.87. The molecule has 3 rings (SSSR count). The van der Waals surface area contributed by atoms with Gasteiger partial charge in [-0.05, 0) is 24.6 Å². The number of rotatable bonds is 4. The van der Waals surface area contributed by atoms with E-state index in [9.17, 15) is 4.79 Å². The number of aromatic nitrogens is 1. The average molecular weight is 308 g/mol. The Balaban J connectivity index is 1.55. The fourth-order valence-corrected chi connectivity index (χ4v) is 2.62. The van der Waals surface area contributed by atoms with Gasteiger partial charge in [0.05, 0.1) is 6.54 Å². The Morgan fingerprint density at radius 2 is 2.04 bits per heavy atom. The van der Waals surface area contributed by atoms with Gasteiger partial charge in [-0.25, -0.2) is 4.98 Å². The lowest BCUT2D eigenvalue weighted by molar-refractivity contribution is -0.125. The molecule has 23 heavy (non-hydrogen) atoms. The topological polar surface area (TPSA) is 42.4 Å². The molecule has 118 valence electrons. The van der Waals surface area contributed by atoms with E-state index in [0.29, 0.717) is 19.0 Å². The third-order valence-electron chi connectivity index (χ3n) is 3.82. The summed E-state index contributed by atoms with van der Waals surface area (Å²) in [5.41, 5.74) is 1.95. The third kappa shape index (κ3) is 4.19. The van der Waals surface area contributed by atoms with Gasteiger partial charge in [0.2, 0.25) is 11.8 Å². The molecule has 1 aromatic heterocycles. The maximum atomic E-state index is 12.2. The maximum Gasteiger partial charge on any atom is 0.246 e. The first kappa shape index (κ1) is 15.3. The van der Waals surface area contributed by atoms with Crippen molar-refractivity contribution >= 4 is 12.0 Å². The number of pyridine rings is 1. The second kappa shape index (κ2) is 7.09. The van der Waals surface area contributed by atoms with E-state index >= 15 is 0 Å². The zero-order valence-corrected chi connectivity index (χ0v) is 13.2. The Hall–Kier alpha value is -2.62. The van der Waals surface area contributed by atoms with Crippen molar-refractivity contribution in [1.82, 2.24) is 9.88 Å². The quantitative estimate of drug-likeness (QED) is 0.815. The van der Waals surface area contributed by atoms with Crippen molar-refractivity contribution in [2.24, 2.45) is 0 Å². The largest absolute Gasteiger partial charge is 0.472 e. The van der Waals surface area contributed by atoms with E-state index in [2.05, 4.69) is 4.98 Å². The van der Waals surface area contributed by atoms with Crippen molar-refractivity contribution < 1.29 is 9.53 Å². The van der Waals surface area contributed by atoms with Gasteiger partial charge in [-0.3, -0.25) is 4.79 Å². The molecule has 0 spiro atoms. The van der Waals surface area contributed by atoms with Crippen molar-refractivity contribution in [3.63, 3.8) is 0 Å². The molecule has 1 aliphatic heterocycles.